The lowest BCUT2D eigenvalue weighted by Crippen LogP contribution is -2.32. The van der Waals surface area contributed by atoms with Crippen molar-refractivity contribution in [1.82, 2.24) is 4.98 Å². The summed E-state index contributed by atoms with van der Waals surface area (Å²) in [5, 5.41) is 10.7. The molecule has 0 bridgehead atoms. The summed E-state index contributed by atoms with van der Waals surface area (Å²) in [7, 11) is 0. The van der Waals surface area contributed by atoms with Crippen molar-refractivity contribution in [2.75, 3.05) is 11.4 Å². The van der Waals surface area contributed by atoms with Gasteiger partial charge in [-0.1, -0.05) is 23.5 Å². The minimum Gasteiger partial charge on any atom is -0.284 e. The second-order valence-corrected chi connectivity index (χ2v) is 7.55. The molecule has 1 heterocycles. The number of non-ortho nitro benzene ring substituents is 1. The van der Waals surface area contributed by atoms with E-state index in [1.807, 2.05) is 0 Å². The third-order valence-corrected chi connectivity index (χ3v) is 5.80. The molecule has 0 aliphatic heterocycles. The quantitative estimate of drug-likeness (QED) is 0.297. The van der Waals surface area contributed by atoms with Gasteiger partial charge in [0.15, 0.2) is 5.13 Å². The zero-order valence-electron chi connectivity index (χ0n) is 15.8. The van der Waals surface area contributed by atoms with Crippen molar-refractivity contribution in [3.8, 4) is 0 Å². The first-order chi connectivity index (χ1) is 14.6. The van der Waals surface area contributed by atoms with Crippen LogP contribution in [0.4, 0.5) is 24.0 Å². The van der Waals surface area contributed by atoms with E-state index in [0.29, 0.717) is 23.5 Å². The monoisotopic (exact) mass is 471 g/mol. The summed E-state index contributed by atoms with van der Waals surface area (Å²) in [6.45, 7) is 1.67. The van der Waals surface area contributed by atoms with Crippen LogP contribution in [0.25, 0.3) is 10.1 Å². The molecule has 3 aromatic rings. The molecule has 0 saturated heterocycles. The number of aromatic nitrogens is 1. The van der Waals surface area contributed by atoms with Gasteiger partial charge in [-0.15, -0.1) is 11.6 Å². The molecule has 0 radical (unpaired) electrons. The van der Waals surface area contributed by atoms with Crippen LogP contribution in [0.3, 0.4) is 0 Å². The number of hydrogen-bond acceptors (Lipinski definition) is 6. The highest BCUT2D eigenvalue weighted by Gasteiger charge is 2.34. The summed E-state index contributed by atoms with van der Waals surface area (Å²) in [4.78, 5) is 40.6. The van der Waals surface area contributed by atoms with Crippen LogP contribution in [-0.4, -0.2) is 22.4 Å². The van der Waals surface area contributed by atoms with Crippen molar-refractivity contribution in [2.24, 2.45) is 0 Å². The average molecular weight is 472 g/mol. The molecule has 31 heavy (non-hydrogen) atoms. The molecule has 0 N–H and O–H groups in total. The molecule has 0 aliphatic carbocycles. The lowest BCUT2D eigenvalue weighted by Gasteiger charge is -2.19. The van der Waals surface area contributed by atoms with E-state index in [2.05, 4.69) is 4.98 Å². The summed E-state index contributed by atoms with van der Waals surface area (Å²) in [6.07, 6.45) is -4.88. The van der Waals surface area contributed by atoms with E-state index < -0.39 is 39.2 Å². The molecular weight excluding hydrogens is 459 g/mol. The third-order valence-electron chi connectivity index (χ3n) is 4.36. The van der Waals surface area contributed by atoms with Gasteiger partial charge >= 0.3 is 6.18 Å². The first-order valence-corrected chi connectivity index (χ1v) is 10.1. The van der Waals surface area contributed by atoms with Crippen LogP contribution in [0.1, 0.15) is 28.4 Å². The number of amides is 1. The molecule has 0 aliphatic rings. The maximum Gasteiger partial charge on any atom is 0.416 e. The Kier molecular flexibility index (Phi) is 6.27. The van der Waals surface area contributed by atoms with Crippen LogP contribution in [-0.2, 0) is 12.1 Å². The van der Waals surface area contributed by atoms with Crippen molar-refractivity contribution >= 4 is 49.7 Å². The lowest BCUT2D eigenvalue weighted by atomic mass is 10.1. The van der Waals surface area contributed by atoms with E-state index in [4.69, 9.17) is 11.6 Å². The Morgan fingerprint density at radius 1 is 1.26 bits per heavy atom. The number of carbonyl (C=O) groups is 1. The molecule has 0 fully saturated rings. The predicted octanol–water partition coefficient (Wildman–Crippen LogP) is 4.99. The highest BCUT2D eigenvalue weighted by molar-refractivity contribution is 7.22. The molecule has 0 saturated carbocycles. The lowest BCUT2D eigenvalue weighted by molar-refractivity contribution is -0.383. The molecule has 7 nitrogen and oxygen atoms in total. The normalized spacial score (nSPS) is 11.5. The highest BCUT2D eigenvalue weighted by Crippen LogP contribution is 2.38. The Labute approximate surface area is 181 Å². The first kappa shape index (κ1) is 22.6. The highest BCUT2D eigenvalue weighted by atomic mass is 35.5. The van der Waals surface area contributed by atoms with E-state index in [0.717, 1.165) is 10.5 Å². The Bertz CT molecular complexity index is 1230. The number of nitrogens with zero attached hydrogens (tertiary/aromatic N) is 3. The number of hydrogen-bond donors (Lipinski definition) is 0. The second kappa shape index (κ2) is 8.60. The number of anilines is 1. The summed E-state index contributed by atoms with van der Waals surface area (Å²) in [5.74, 6) is -0.274. The SMILES string of the molecule is CCN(C(=O)c1ccc(CCl)cc1)c1nc(=O)c2cc(C(F)(F)F)cc([N+](=O)[O-])c2s1. The van der Waals surface area contributed by atoms with Gasteiger partial charge in [-0.05, 0) is 30.7 Å². The fraction of sp³-hybridized carbons (Fsp3) is 0.211. The molecule has 12 heteroatoms. The third kappa shape index (κ3) is 4.52. The van der Waals surface area contributed by atoms with Gasteiger partial charge in [-0.3, -0.25) is 24.6 Å². The Hall–Kier alpha value is -3.05. The predicted molar refractivity (Wildman–Crippen MR) is 111 cm³/mol. The van der Waals surface area contributed by atoms with Crippen molar-refractivity contribution in [3.05, 3.63) is 73.6 Å². The van der Waals surface area contributed by atoms with Gasteiger partial charge < -0.3 is 0 Å². The van der Waals surface area contributed by atoms with Gasteiger partial charge in [-0.25, -0.2) is 0 Å². The van der Waals surface area contributed by atoms with Crippen LogP contribution in [0, 0.1) is 10.1 Å². The van der Waals surface area contributed by atoms with Gasteiger partial charge in [0.2, 0.25) is 0 Å². The van der Waals surface area contributed by atoms with E-state index in [9.17, 15) is 32.9 Å². The molecule has 0 atom stereocenters. The molecule has 162 valence electrons. The number of nitro benzene ring substituents is 1. The fourth-order valence-corrected chi connectivity index (χ4v) is 4.12. The van der Waals surface area contributed by atoms with E-state index in [1.165, 1.54) is 12.1 Å². The topological polar surface area (TPSA) is 93.4 Å². The average Bonchev–Trinajstić information content (AvgIpc) is 2.72. The number of benzene rings is 2. The Morgan fingerprint density at radius 2 is 1.90 bits per heavy atom. The Balaban J connectivity index is 2.17. The molecule has 2 aromatic carbocycles. The van der Waals surface area contributed by atoms with Gasteiger partial charge in [0, 0.05) is 24.1 Å². The molecule has 1 aromatic heterocycles. The maximum absolute atomic E-state index is 13.1. The van der Waals surface area contributed by atoms with Crippen LogP contribution < -0.4 is 10.5 Å². The number of nitro groups is 1. The van der Waals surface area contributed by atoms with Crippen LogP contribution >= 0.6 is 22.9 Å². The number of fused-ring (bicyclic) bond motifs is 1. The summed E-state index contributed by atoms with van der Waals surface area (Å²) in [6, 6.07) is 7.25. The number of alkyl halides is 4. The zero-order valence-corrected chi connectivity index (χ0v) is 17.3. The van der Waals surface area contributed by atoms with E-state index in [1.54, 1.807) is 19.1 Å². The summed E-state index contributed by atoms with van der Waals surface area (Å²) < 4.78 is 39.0. The first-order valence-electron chi connectivity index (χ1n) is 8.74. The minimum atomic E-state index is -4.88. The van der Waals surface area contributed by atoms with Gasteiger partial charge in [0.25, 0.3) is 17.2 Å². The van der Waals surface area contributed by atoms with Crippen molar-refractivity contribution in [2.45, 2.75) is 19.0 Å². The van der Waals surface area contributed by atoms with Crippen molar-refractivity contribution < 1.29 is 22.9 Å². The van der Waals surface area contributed by atoms with Crippen LogP contribution in [0.15, 0.2) is 41.2 Å². The minimum absolute atomic E-state index is 0.0684. The Morgan fingerprint density at radius 3 is 2.42 bits per heavy atom. The van der Waals surface area contributed by atoms with Gasteiger partial charge in [-0.2, -0.15) is 18.2 Å². The molecule has 0 spiro atoms. The fourth-order valence-electron chi connectivity index (χ4n) is 2.81. The molecule has 3 rings (SSSR count). The van der Waals surface area contributed by atoms with Crippen molar-refractivity contribution in [1.29, 1.82) is 0 Å². The summed E-state index contributed by atoms with van der Waals surface area (Å²) >= 11 is 6.34. The zero-order chi connectivity index (χ0) is 22.9. The van der Waals surface area contributed by atoms with Crippen molar-refractivity contribution in [3.63, 3.8) is 0 Å². The van der Waals surface area contributed by atoms with E-state index in [-0.39, 0.29) is 27.8 Å². The van der Waals surface area contributed by atoms with Crippen LogP contribution in [0.2, 0.25) is 0 Å². The van der Waals surface area contributed by atoms with Gasteiger partial charge in [0.1, 0.15) is 4.70 Å². The van der Waals surface area contributed by atoms with E-state index >= 15 is 0 Å². The van der Waals surface area contributed by atoms with Gasteiger partial charge in [0.05, 0.1) is 15.9 Å². The van der Waals surface area contributed by atoms with Crippen LogP contribution in [0.5, 0.6) is 0 Å². The smallest absolute Gasteiger partial charge is 0.284 e. The number of halogens is 4. The number of rotatable bonds is 5. The summed E-state index contributed by atoms with van der Waals surface area (Å²) in [5.41, 5.74) is -2.26. The maximum atomic E-state index is 13.1. The largest absolute Gasteiger partial charge is 0.416 e. The second-order valence-electron chi connectivity index (χ2n) is 6.31. The molecule has 1 amide bonds. The number of carbonyl (C=O) groups excluding carboxylic acids is 1. The molecular formula is C19H13ClF3N3O4S. The molecule has 0 unspecified atom stereocenters. The standard InChI is InChI=1S/C19H13ClF3N3O4S/c1-2-25(17(28)11-5-3-10(9-20)4-6-11)18-24-16(27)13-7-12(19(21,22)23)8-14(26(29)30)15(13)31-18/h3-8H,2,9H2,1H3.